The Morgan fingerprint density at radius 2 is 1.91 bits per heavy atom. The monoisotopic (exact) mass is 483 g/mol. The van der Waals surface area contributed by atoms with Gasteiger partial charge in [0.25, 0.3) is 10.0 Å². The van der Waals surface area contributed by atoms with Crippen molar-refractivity contribution in [1.29, 1.82) is 0 Å². The number of piperidine rings is 1. The van der Waals surface area contributed by atoms with Crippen LogP contribution < -0.4 is 5.32 Å². The maximum absolute atomic E-state index is 13.1. The minimum absolute atomic E-state index is 0.118. The van der Waals surface area contributed by atoms with Gasteiger partial charge in [-0.25, -0.2) is 4.68 Å². The normalized spacial score (nSPS) is 19.1. The lowest BCUT2D eigenvalue weighted by Crippen LogP contribution is -2.43. The molecule has 170 valence electrons. The second-order valence-electron chi connectivity index (χ2n) is 8.16. The quantitative estimate of drug-likeness (QED) is 0.613. The third-order valence-electron chi connectivity index (χ3n) is 5.92. The number of rotatable bonds is 4. The molecule has 1 N–H and O–H groups in total. The first-order valence-corrected chi connectivity index (χ1v) is 12.5. The topological polar surface area (TPSA) is 96.7 Å². The lowest BCUT2D eigenvalue weighted by Gasteiger charge is -2.33. The summed E-state index contributed by atoms with van der Waals surface area (Å²) in [5, 5.41) is 7.98. The van der Waals surface area contributed by atoms with E-state index in [0.29, 0.717) is 41.9 Å². The van der Waals surface area contributed by atoms with E-state index < -0.39 is 10.0 Å². The van der Waals surface area contributed by atoms with Crippen molar-refractivity contribution in [2.24, 2.45) is 10.3 Å². The van der Waals surface area contributed by atoms with Crippen LogP contribution in [0.15, 0.2) is 70.1 Å². The van der Waals surface area contributed by atoms with Gasteiger partial charge in [0, 0.05) is 29.7 Å². The van der Waals surface area contributed by atoms with E-state index in [1.54, 1.807) is 41.2 Å². The molecule has 0 saturated carbocycles. The van der Waals surface area contributed by atoms with Gasteiger partial charge in [-0.15, -0.1) is 4.40 Å². The van der Waals surface area contributed by atoms with Crippen molar-refractivity contribution in [2.75, 3.05) is 18.4 Å². The summed E-state index contributed by atoms with van der Waals surface area (Å²) in [6.45, 7) is 1.56. The van der Waals surface area contributed by atoms with E-state index in [0.717, 1.165) is 18.4 Å². The fraction of sp³-hybridized carbons (Fsp3) is 0.261. The van der Waals surface area contributed by atoms with Crippen LogP contribution in [0.5, 0.6) is 0 Å². The van der Waals surface area contributed by atoms with Gasteiger partial charge >= 0.3 is 0 Å². The number of amidine groups is 1. The third-order valence-corrected chi connectivity index (χ3v) is 7.49. The molecule has 0 bridgehead atoms. The number of benzene rings is 2. The smallest absolute Gasteiger partial charge is 0.285 e. The summed E-state index contributed by atoms with van der Waals surface area (Å²) in [6.07, 6.45) is 3.13. The number of aromatic nitrogens is 2. The zero-order valence-electron chi connectivity index (χ0n) is 17.7. The number of hydrogen-bond donors (Lipinski definition) is 1. The van der Waals surface area contributed by atoms with E-state index in [1.807, 2.05) is 29.2 Å². The molecule has 2 aliphatic rings. The zero-order chi connectivity index (χ0) is 23.0. The molecule has 0 aliphatic carbocycles. The molecule has 2 aromatic carbocycles. The van der Waals surface area contributed by atoms with Crippen LogP contribution >= 0.6 is 11.6 Å². The maximum Gasteiger partial charge on any atom is 0.285 e. The highest BCUT2D eigenvalue weighted by Gasteiger charge is 2.35. The lowest BCUT2D eigenvalue weighted by atomic mass is 9.96. The Bertz CT molecular complexity index is 1330. The predicted molar refractivity (Wildman–Crippen MR) is 126 cm³/mol. The summed E-state index contributed by atoms with van der Waals surface area (Å²) in [5.41, 5.74) is 1.61. The van der Waals surface area contributed by atoms with Gasteiger partial charge in [0.15, 0.2) is 5.84 Å². The second kappa shape index (κ2) is 8.64. The third kappa shape index (κ3) is 4.38. The highest BCUT2D eigenvalue weighted by molar-refractivity contribution is 7.90. The number of sulfonamides is 1. The van der Waals surface area contributed by atoms with Gasteiger partial charge in [0.2, 0.25) is 5.91 Å². The van der Waals surface area contributed by atoms with Gasteiger partial charge in [0.05, 0.1) is 18.7 Å². The molecule has 8 nitrogen and oxygen atoms in total. The molecule has 1 atom stereocenters. The van der Waals surface area contributed by atoms with E-state index in [2.05, 4.69) is 14.8 Å². The van der Waals surface area contributed by atoms with E-state index in [4.69, 9.17) is 11.6 Å². The van der Waals surface area contributed by atoms with Gasteiger partial charge in [-0.3, -0.25) is 4.79 Å². The minimum Gasteiger partial charge on any atom is -0.355 e. The Labute approximate surface area is 196 Å². The molecule has 1 aromatic heterocycles. The summed E-state index contributed by atoms with van der Waals surface area (Å²) in [5.74, 6) is 0.622. The number of carbonyl (C=O) groups is 1. The van der Waals surface area contributed by atoms with Crippen molar-refractivity contribution in [3.63, 3.8) is 0 Å². The van der Waals surface area contributed by atoms with Crippen molar-refractivity contribution >= 4 is 39.2 Å². The molecule has 0 radical (unpaired) electrons. The van der Waals surface area contributed by atoms with Crippen LogP contribution in [0, 0.1) is 5.92 Å². The molecule has 3 aromatic rings. The molecule has 5 rings (SSSR count). The summed E-state index contributed by atoms with van der Waals surface area (Å²) < 4.78 is 30.6. The second-order valence-corrected chi connectivity index (χ2v) is 10.2. The summed E-state index contributed by atoms with van der Waals surface area (Å²) in [4.78, 5) is 15.2. The van der Waals surface area contributed by atoms with Crippen LogP contribution in [-0.4, -0.2) is 47.9 Å². The minimum atomic E-state index is -3.70. The summed E-state index contributed by atoms with van der Waals surface area (Å²) >= 11 is 5.96. The number of carbonyl (C=O) groups excluding carboxylic acids is 1. The van der Waals surface area contributed by atoms with Gasteiger partial charge in [-0.1, -0.05) is 35.9 Å². The fourth-order valence-corrected chi connectivity index (χ4v) is 5.61. The number of nitrogens with zero attached hydrogens (tertiary/aromatic N) is 4. The largest absolute Gasteiger partial charge is 0.355 e. The average Bonchev–Trinajstić information content (AvgIpc) is 3.36. The number of halogens is 1. The van der Waals surface area contributed by atoms with Gasteiger partial charge in [0.1, 0.15) is 10.7 Å². The first-order valence-electron chi connectivity index (χ1n) is 10.7. The van der Waals surface area contributed by atoms with Crippen LogP contribution in [0.3, 0.4) is 0 Å². The number of fused-ring (bicyclic) bond motifs is 1. The molecule has 1 amide bonds. The van der Waals surface area contributed by atoms with Gasteiger partial charge < -0.3 is 10.2 Å². The predicted octanol–water partition coefficient (Wildman–Crippen LogP) is 3.38. The summed E-state index contributed by atoms with van der Waals surface area (Å²) in [6, 6.07) is 16.1. The first-order chi connectivity index (χ1) is 15.9. The van der Waals surface area contributed by atoms with Crippen molar-refractivity contribution in [1.82, 2.24) is 14.7 Å². The Morgan fingerprint density at radius 1 is 1.12 bits per heavy atom. The standard InChI is InChI=1S/C23H22ClN5O3S/c24-18-9-7-16(8-10-18)14-29-21(11-12-25-29)26-23(30)17-4-3-13-28(15-17)22-19-5-1-2-6-20(19)33(31,32)27-22/h1-2,5-12,17H,3-4,13-15H2,(H,26,30). The highest BCUT2D eigenvalue weighted by Crippen LogP contribution is 2.30. The van der Waals surface area contributed by atoms with Crippen molar-refractivity contribution in [3.05, 3.63) is 76.9 Å². The lowest BCUT2D eigenvalue weighted by molar-refractivity contribution is -0.121. The number of hydrogen-bond acceptors (Lipinski definition) is 5. The number of anilines is 1. The molecule has 1 unspecified atom stereocenters. The Morgan fingerprint density at radius 3 is 2.73 bits per heavy atom. The van der Waals surface area contributed by atoms with Crippen LogP contribution in [0.4, 0.5) is 5.82 Å². The van der Waals surface area contributed by atoms with Crippen molar-refractivity contribution < 1.29 is 13.2 Å². The Balaban J connectivity index is 1.29. The molecule has 0 spiro atoms. The molecular weight excluding hydrogens is 462 g/mol. The van der Waals surface area contributed by atoms with Crippen molar-refractivity contribution in [2.45, 2.75) is 24.3 Å². The van der Waals surface area contributed by atoms with Crippen LogP contribution in [0.25, 0.3) is 0 Å². The molecular formula is C23H22ClN5O3S. The van der Waals surface area contributed by atoms with E-state index >= 15 is 0 Å². The SMILES string of the molecule is O=C(Nc1ccnn1Cc1ccc(Cl)cc1)C1CCCN(C2=NS(=O)(=O)c3ccccc32)C1. The molecule has 33 heavy (non-hydrogen) atoms. The zero-order valence-corrected chi connectivity index (χ0v) is 19.3. The molecule has 1 saturated heterocycles. The van der Waals surface area contributed by atoms with Crippen LogP contribution in [0.2, 0.25) is 5.02 Å². The Hall–Kier alpha value is -3.17. The molecule has 1 fully saturated rings. The van der Waals surface area contributed by atoms with Crippen LogP contribution in [-0.2, 0) is 21.4 Å². The summed E-state index contributed by atoms with van der Waals surface area (Å²) in [7, 11) is -3.70. The number of likely N-dealkylation sites (tertiary alicyclic amines) is 1. The Kier molecular flexibility index (Phi) is 5.67. The average molecular weight is 484 g/mol. The number of nitrogens with one attached hydrogen (secondary N) is 1. The fourth-order valence-electron chi connectivity index (χ4n) is 4.26. The first kappa shape index (κ1) is 21.7. The van der Waals surface area contributed by atoms with Gasteiger partial charge in [-0.05, 0) is 42.7 Å². The van der Waals surface area contributed by atoms with E-state index in [-0.39, 0.29) is 16.7 Å². The van der Waals surface area contributed by atoms with Crippen LogP contribution in [0.1, 0.15) is 24.0 Å². The van der Waals surface area contributed by atoms with Crippen molar-refractivity contribution in [3.8, 4) is 0 Å². The molecule has 10 heteroatoms. The van der Waals surface area contributed by atoms with Gasteiger partial charge in [-0.2, -0.15) is 13.5 Å². The molecule has 3 heterocycles. The van der Waals surface area contributed by atoms with E-state index in [9.17, 15) is 13.2 Å². The van der Waals surface area contributed by atoms with E-state index in [1.165, 1.54) is 0 Å². The highest BCUT2D eigenvalue weighted by atomic mass is 35.5. The maximum atomic E-state index is 13.1. The molecule has 2 aliphatic heterocycles. The number of amides is 1.